The molecule has 7 nitrogen and oxygen atoms in total. The fourth-order valence-electron chi connectivity index (χ4n) is 4.09. The highest BCUT2D eigenvalue weighted by Crippen LogP contribution is 2.47. The zero-order valence-electron chi connectivity index (χ0n) is 18.8. The smallest absolute Gasteiger partial charge is 0.229 e. The summed E-state index contributed by atoms with van der Waals surface area (Å²) in [5.74, 6) is 1.69. The first-order chi connectivity index (χ1) is 15.9. The van der Waals surface area contributed by atoms with Gasteiger partial charge in [-0.2, -0.15) is 5.26 Å². The van der Waals surface area contributed by atoms with Crippen molar-refractivity contribution in [3.05, 3.63) is 57.1 Å². The predicted molar refractivity (Wildman–Crippen MR) is 129 cm³/mol. The molecule has 2 aromatic carbocycles. The normalized spacial score (nSPS) is 18.1. The number of benzene rings is 2. The average molecular weight is 486 g/mol. The Morgan fingerprint density at radius 3 is 2.42 bits per heavy atom. The molecule has 0 aliphatic carbocycles. The number of hydrogen-bond donors (Lipinski definition) is 0. The van der Waals surface area contributed by atoms with E-state index in [0.29, 0.717) is 45.4 Å². The van der Waals surface area contributed by atoms with Crippen LogP contribution in [0, 0.1) is 18.3 Å². The first-order valence-corrected chi connectivity index (χ1v) is 11.7. The Kier molecular flexibility index (Phi) is 6.63. The number of carbonyl (C=O) groups is 1. The second-order valence-corrected chi connectivity index (χ2v) is 9.09. The number of carbonyl (C=O) groups excluding carboxylic acids is 1. The van der Waals surface area contributed by atoms with Crippen LogP contribution in [0.3, 0.4) is 0 Å². The van der Waals surface area contributed by atoms with Gasteiger partial charge in [0.25, 0.3) is 0 Å². The van der Waals surface area contributed by atoms with Crippen molar-refractivity contribution in [1.29, 1.82) is 5.26 Å². The molecule has 0 radical (unpaired) electrons. The summed E-state index contributed by atoms with van der Waals surface area (Å²) in [5.41, 5.74) is 3.21. The molecule has 9 heteroatoms. The molecular weight excluding hydrogens is 462 g/mol. The molecule has 0 bridgehead atoms. The van der Waals surface area contributed by atoms with E-state index in [-0.39, 0.29) is 12.3 Å². The summed E-state index contributed by atoms with van der Waals surface area (Å²) < 4.78 is 16.4. The minimum Gasteiger partial charge on any atom is -0.496 e. The van der Waals surface area contributed by atoms with Gasteiger partial charge < -0.3 is 19.1 Å². The molecule has 2 heterocycles. The first kappa shape index (κ1) is 23.1. The van der Waals surface area contributed by atoms with Gasteiger partial charge in [0.1, 0.15) is 5.75 Å². The average Bonchev–Trinajstić information content (AvgIpc) is 2.84. The van der Waals surface area contributed by atoms with Gasteiger partial charge in [-0.25, -0.2) is 0 Å². The Hall–Kier alpha value is -3.02. The summed E-state index contributed by atoms with van der Waals surface area (Å²) >= 11 is 7.78. The van der Waals surface area contributed by atoms with Crippen LogP contribution >= 0.6 is 23.4 Å². The number of nitriles is 1. The number of allylic oxidation sites excluding steroid dienone is 1. The van der Waals surface area contributed by atoms with Gasteiger partial charge in [0.05, 0.1) is 50.5 Å². The minimum absolute atomic E-state index is 0.0544. The lowest BCUT2D eigenvalue weighted by atomic mass is 9.85. The summed E-state index contributed by atoms with van der Waals surface area (Å²) in [4.78, 5) is 17.0. The number of rotatable bonds is 5. The molecule has 0 spiro atoms. The summed E-state index contributed by atoms with van der Waals surface area (Å²) in [6.07, 6.45) is 0.154. The van der Waals surface area contributed by atoms with E-state index >= 15 is 0 Å². The lowest BCUT2D eigenvalue weighted by molar-refractivity contribution is -0.129. The number of fused-ring (bicyclic) bond motifs is 1. The molecule has 0 N–H and O–H groups in total. The van der Waals surface area contributed by atoms with E-state index < -0.39 is 5.92 Å². The van der Waals surface area contributed by atoms with Gasteiger partial charge in [0.15, 0.2) is 11.5 Å². The number of anilines is 1. The SMILES string of the molecule is COc1cc(OC)c([C@H]2CC(=O)N3CN(c4ccc(C)c(Cl)c4)CSC3=C2C#N)cc1OC. The molecule has 1 fully saturated rings. The van der Waals surface area contributed by atoms with Crippen molar-refractivity contribution in [2.75, 3.05) is 38.8 Å². The molecular formula is C24H24ClN3O4S. The van der Waals surface area contributed by atoms with Crippen LogP contribution in [0.4, 0.5) is 5.69 Å². The van der Waals surface area contributed by atoms with E-state index in [9.17, 15) is 10.1 Å². The number of halogens is 1. The number of aryl methyl sites for hydroxylation is 1. The number of thioether (sulfide) groups is 1. The van der Waals surface area contributed by atoms with Crippen molar-refractivity contribution < 1.29 is 19.0 Å². The van der Waals surface area contributed by atoms with E-state index in [1.165, 1.54) is 11.8 Å². The van der Waals surface area contributed by atoms with Crippen LogP contribution in [0.25, 0.3) is 0 Å². The summed E-state index contributed by atoms with van der Waals surface area (Å²) in [5, 5.41) is 11.5. The van der Waals surface area contributed by atoms with Crippen LogP contribution in [0.5, 0.6) is 17.2 Å². The third kappa shape index (κ3) is 4.19. The van der Waals surface area contributed by atoms with Gasteiger partial charge in [-0.3, -0.25) is 9.69 Å². The molecule has 33 heavy (non-hydrogen) atoms. The maximum atomic E-state index is 13.3. The highest BCUT2D eigenvalue weighted by Gasteiger charge is 2.39. The highest BCUT2D eigenvalue weighted by atomic mass is 35.5. The quantitative estimate of drug-likeness (QED) is 0.596. The largest absolute Gasteiger partial charge is 0.496 e. The summed E-state index contributed by atoms with van der Waals surface area (Å²) in [6, 6.07) is 11.7. The van der Waals surface area contributed by atoms with Crippen molar-refractivity contribution in [2.24, 2.45) is 0 Å². The monoisotopic (exact) mass is 485 g/mol. The van der Waals surface area contributed by atoms with Crippen molar-refractivity contribution in [3.8, 4) is 23.3 Å². The number of hydrogen-bond acceptors (Lipinski definition) is 7. The number of ether oxygens (including phenoxy) is 3. The molecule has 1 saturated heterocycles. The molecule has 2 aliphatic rings. The highest BCUT2D eigenvalue weighted by molar-refractivity contribution is 8.03. The zero-order valence-corrected chi connectivity index (χ0v) is 20.4. The van der Waals surface area contributed by atoms with Crippen LogP contribution in [0.15, 0.2) is 40.9 Å². The predicted octanol–water partition coefficient (Wildman–Crippen LogP) is 4.89. The molecule has 4 rings (SSSR count). The van der Waals surface area contributed by atoms with Crippen LogP contribution in [-0.2, 0) is 4.79 Å². The van der Waals surface area contributed by atoms with Crippen molar-refractivity contribution in [1.82, 2.24) is 4.90 Å². The lowest BCUT2D eigenvalue weighted by Crippen LogP contribution is -2.47. The molecule has 1 amide bonds. The molecule has 0 unspecified atom stereocenters. The lowest BCUT2D eigenvalue weighted by Gasteiger charge is -2.42. The van der Waals surface area contributed by atoms with Crippen molar-refractivity contribution >= 4 is 35.0 Å². The third-order valence-electron chi connectivity index (χ3n) is 5.93. The molecule has 172 valence electrons. The fourth-order valence-corrected chi connectivity index (χ4v) is 5.44. The fraction of sp³-hybridized carbons (Fsp3) is 0.333. The number of amides is 1. The van der Waals surface area contributed by atoms with Crippen molar-refractivity contribution in [3.63, 3.8) is 0 Å². The van der Waals surface area contributed by atoms with E-state index in [2.05, 4.69) is 11.0 Å². The molecule has 0 aromatic heterocycles. The van der Waals surface area contributed by atoms with Gasteiger partial charge in [-0.15, -0.1) is 0 Å². The Labute approximate surface area is 202 Å². The standard InChI is InChI=1S/C24H24ClN3O4S/c1-14-5-6-15(7-19(14)25)27-12-28-23(29)9-16(18(11-26)24(28)33-13-27)17-8-21(31-3)22(32-4)10-20(17)30-2/h5-8,10,16H,9,12-13H2,1-4H3/t16-/m1/s1. The summed E-state index contributed by atoms with van der Waals surface area (Å²) in [6.45, 7) is 2.31. The Bertz CT molecular complexity index is 1180. The van der Waals surface area contributed by atoms with E-state index in [1.54, 1.807) is 38.4 Å². The minimum atomic E-state index is -0.434. The van der Waals surface area contributed by atoms with E-state index in [0.717, 1.165) is 16.8 Å². The van der Waals surface area contributed by atoms with Gasteiger partial charge in [-0.05, 0) is 30.7 Å². The van der Waals surface area contributed by atoms with E-state index in [4.69, 9.17) is 25.8 Å². The molecule has 0 saturated carbocycles. The van der Waals surface area contributed by atoms with Gasteiger partial charge in [0.2, 0.25) is 5.91 Å². The number of methoxy groups -OCH3 is 3. The Balaban J connectivity index is 1.72. The molecule has 2 aromatic rings. The summed E-state index contributed by atoms with van der Waals surface area (Å²) in [7, 11) is 4.66. The van der Waals surface area contributed by atoms with Crippen LogP contribution in [0.2, 0.25) is 5.02 Å². The number of nitrogens with zero attached hydrogens (tertiary/aromatic N) is 3. The van der Waals surface area contributed by atoms with E-state index in [1.807, 2.05) is 25.1 Å². The Morgan fingerprint density at radius 1 is 1.09 bits per heavy atom. The molecule has 2 aliphatic heterocycles. The van der Waals surface area contributed by atoms with Crippen LogP contribution in [0.1, 0.15) is 23.5 Å². The second kappa shape index (κ2) is 9.46. The maximum absolute atomic E-state index is 13.3. The van der Waals surface area contributed by atoms with Crippen molar-refractivity contribution in [2.45, 2.75) is 19.3 Å². The van der Waals surface area contributed by atoms with Crippen LogP contribution in [-0.4, -0.2) is 44.7 Å². The second-order valence-electron chi connectivity index (χ2n) is 7.75. The van der Waals surface area contributed by atoms with Gasteiger partial charge in [0, 0.05) is 34.7 Å². The van der Waals surface area contributed by atoms with Gasteiger partial charge in [-0.1, -0.05) is 29.4 Å². The zero-order chi connectivity index (χ0) is 23.7. The van der Waals surface area contributed by atoms with Crippen LogP contribution < -0.4 is 19.1 Å². The van der Waals surface area contributed by atoms with Gasteiger partial charge >= 0.3 is 0 Å². The maximum Gasteiger partial charge on any atom is 0.229 e. The topological polar surface area (TPSA) is 75.0 Å². The first-order valence-electron chi connectivity index (χ1n) is 10.3. The molecule has 1 atom stereocenters. The third-order valence-corrected chi connectivity index (χ3v) is 7.49. The Morgan fingerprint density at radius 2 is 1.79 bits per heavy atom.